The summed E-state index contributed by atoms with van der Waals surface area (Å²) in [6.45, 7) is 3.31. The number of Topliss-reactive ketones (excluding diaryl/α,β-unsaturated/α-hetero) is 1. The molecule has 5 heteroatoms. The van der Waals surface area contributed by atoms with E-state index in [0.29, 0.717) is 21.5 Å². The van der Waals surface area contributed by atoms with Gasteiger partial charge in [0.05, 0.1) is 18.2 Å². The molecule has 0 aromatic heterocycles. The molecule has 1 saturated heterocycles. The van der Waals surface area contributed by atoms with E-state index in [1.54, 1.807) is 18.2 Å². The zero-order valence-corrected chi connectivity index (χ0v) is 12.3. The van der Waals surface area contributed by atoms with Crippen LogP contribution in [0.3, 0.4) is 0 Å². The van der Waals surface area contributed by atoms with Crippen LogP contribution in [-0.4, -0.2) is 41.5 Å². The molecular weight excluding hydrogens is 285 g/mol. The molecule has 1 aliphatic heterocycles. The van der Waals surface area contributed by atoms with E-state index in [1.165, 1.54) is 0 Å². The molecule has 1 aromatic rings. The molecule has 104 valence electrons. The average molecular weight is 302 g/mol. The lowest BCUT2D eigenvalue weighted by Gasteiger charge is -2.24. The number of halogens is 2. The Kier molecular flexibility index (Phi) is 4.85. The molecule has 2 unspecified atom stereocenters. The number of rotatable bonds is 4. The van der Waals surface area contributed by atoms with E-state index in [9.17, 15) is 9.90 Å². The van der Waals surface area contributed by atoms with Crippen molar-refractivity contribution >= 4 is 29.0 Å². The molecule has 0 aliphatic carbocycles. The van der Waals surface area contributed by atoms with Gasteiger partial charge in [0, 0.05) is 16.6 Å². The van der Waals surface area contributed by atoms with E-state index in [1.807, 2.05) is 4.90 Å². The second-order valence-corrected chi connectivity index (χ2v) is 5.88. The maximum Gasteiger partial charge on any atom is 0.178 e. The second-order valence-electron chi connectivity index (χ2n) is 5.03. The summed E-state index contributed by atoms with van der Waals surface area (Å²) in [7, 11) is 0. The van der Waals surface area contributed by atoms with Gasteiger partial charge in [0.2, 0.25) is 0 Å². The summed E-state index contributed by atoms with van der Waals surface area (Å²) in [5.74, 6) is 0.382. The zero-order valence-electron chi connectivity index (χ0n) is 10.8. The SMILES string of the molecule is CC1CCN(CC(=O)c2ccc(Cl)cc2Cl)C1CO. The number of hydrogen-bond donors (Lipinski definition) is 1. The minimum Gasteiger partial charge on any atom is -0.395 e. The van der Waals surface area contributed by atoms with Crippen molar-refractivity contribution in [3.05, 3.63) is 33.8 Å². The van der Waals surface area contributed by atoms with Crippen molar-refractivity contribution in [1.82, 2.24) is 4.90 Å². The molecule has 3 nitrogen and oxygen atoms in total. The Hall–Kier alpha value is -0.610. The van der Waals surface area contributed by atoms with Crippen molar-refractivity contribution in [3.8, 4) is 0 Å². The first-order valence-corrected chi connectivity index (χ1v) is 7.11. The Morgan fingerprint density at radius 2 is 2.21 bits per heavy atom. The molecule has 1 aliphatic rings. The Morgan fingerprint density at radius 1 is 1.47 bits per heavy atom. The molecule has 2 rings (SSSR count). The molecule has 19 heavy (non-hydrogen) atoms. The fraction of sp³-hybridized carbons (Fsp3) is 0.500. The lowest BCUT2D eigenvalue weighted by Crippen LogP contribution is -2.38. The summed E-state index contributed by atoms with van der Waals surface area (Å²) in [6.07, 6.45) is 1.01. The first-order chi connectivity index (χ1) is 9.02. The molecular formula is C14H17Cl2NO2. The Balaban J connectivity index is 2.09. The number of benzene rings is 1. The molecule has 0 saturated carbocycles. The van der Waals surface area contributed by atoms with Crippen LogP contribution in [0.4, 0.5) is 0 Å². The smallest absolute Gasteiger partial charge is 0.178 e. The van der Waals surface area contributed by atoms with Gasteiger partial charge in [-0.15, -0.1) is 0 Å². The minimum atomic E-state index is -0.0331. The van der Waals surface area contributed by atoms with Gasteiger partial charge < -0.3 is 5.11 Å². The van der Waals surface area contributed by atoms with Crippen LogP contribution in [-0.2, 0) is 0 Å². The van der Waals surface area contributed by atoms with Gasteiger partial charge in [0.25, 0.3) is 0 Å². The molecule has 1 heterocycles. The first kappa shape index (κ1) is 14.8. The molecule has 0 amide bonds. The topological polar surface area (TPSA) is 40.5 Å². The third-order valence-electron chi connectivity index (χ3n) is 3.76. The quantitative estimate of drug-likeness (QED) is 0.870. The number of nitrogens with zero attached hydrogens (tertiary/aromatic N) is 1. The maximum atomic E-state index is 12.3. The number of carbonyl (C=O) groups is 1. The predicted molar refractivity (Wildman–Crippen MR) is 77.0 cm³/mol. The summed E-state index contributed by atoms with van der Waals surface area (Å²) >= 11 is 11.9. The Morgan fingerprint density at radius 3 is 2.84 bits per heavy atom. The normalized spacial score (nSPS) is 23.8. The van der Waals surface area contributed by atoms with Gasteiger partial charge in [-0.2, -0.15) is 0 Å². The predicted octanol–water partition coefficient (Wildman–Crippen LogP) is 2.88. The van der Waals surface area contributed by atoms with Gasteiger partial charge in [0.15, 0.2) is 5.78 Å². The lowest BCUT2D eigenvalue weighted by atomic mass is 10.0. The van der Waals surface area contributed by atoms with Crippen molar-refractivity contribution in [3.63, 3.8) is 0 Å². The van der Waals surface area contributed by atoms with Gasteiger partial charge in [-0.3, -0.25) is 9.69 Å². The number of aliphatic hydroxyl groups excluding tert-OH is 1. The van der Waals surface area contributed by atoms with Crippen LogP contribution in [0.25, 0.3) is 0 Å². The fourth-order valence-electron chi connectivity index (χ4n) is 2.56. The van der Waals surface area contributed by atoms with Gasteiger partial charge in [0.1, 0.15) is 0 Å². The second kappa shape index (κ2) is 6.23. The van der Waals surface area contributed by atoms with Gasteiger partial charge >= 0.3 is 0 Å². The number of likely N-dealkylation sites (tertiary alicyclic amines) is 1. The third kappa shape index (κ3) is 3.29. The van der Waals surface area contributed by atoms with E-state index >= 15 is 0 Å². The van der Waals surface area contributed by atoms with Crippen molar-refractivity contribution < 1.29 is 9.90 Å². The maximum absolute atomic E-state index is 12.3. The van der Waals surface area contributed by atoms with E-state index in [2.05, 4.69) is 6.92 Å². The molecule has 1 aromatic carbocycles. The zero-order chi connectivity index (χ0) is 14.0. The monoisotopic (exact) mass is 301 g/mol. The Bertz CT molecular complexity index is 479. The first-order valence-electron chi connectivity index (χ1n) is 6.36. The van der Waals surface area contributed by atoms with Crippen LogP contribution in [0.1, 0.15) is 23.7 Å². The van der Waals surface area contributed by atoms with Crippen molar-refractivity contribution in [1.29, 1.82) is 0 Å². The molecule has 0 bridgehead atoms. The summed E-state index contributed by atoms with van der Waals surface area (Å²) in [4.78, 5) is 14.3. The number of ketones is 1. The van der Waals surface area contributed by atoms with Gasteiger partial charge in [-0.25, -0.2) is 0 Å². The molecule has 1 N–H and O–H groups in total. The van der Waals surface area contributed by atoms with Crippen molar-refractivity contribution in [2.45, 2.75) is 19.4 Å². The van der Waals surface area contributed by atoms with Crippen LogP contribution >= 0.6 is 23.2 Å². The molecule has 2 atom stereocenters. The minimum absolute atomic E-state index is 0.0331. The molecule has 1 fully saturated rings. The molecule has 0 radical (unpaired) electrons. The molecule has 0 spiro atoms. The highest BCUT2D eigenvalue weighted by Gasteiger charge is 2.31. The van der Waals surface area contributed by atoms with Crippen LogP contribution in [0.5, 0.6) is 0 Å². The summed E-state index contributed by atoms with van der Waals surface area (Å²) in [5, 5.41) is 10.3. The highest BCUT2D eigenvalue weighted by molar-refractivity contribution is 6.36. The number of hydrogen-bond acceptors (Lipinski definition) is 3. The van der Waals surface area contributed by atoms with Crippen LogP contribution in [0.15, 0.2) is 18.2 Å². The van der Waals surface area contributed by atoms with Crippen molar-refractivity contribution in [2.75, 3.05) is 19.7 Å². The number of carbonyl (C=O) groups excluding carboxylic acids is 1. The van der Waals surface area contributed by atoms with Crippen LogP contribution < -0.4 is 0 Å². The fourth-order valence-corrected chi connectivity index (χ4v) is 3.08. The lowest BCUT2D eigenvalue weighted by molar-refractivity contribution is 0.0866. The summed E-state index contributed by atoms with van der Waals surface area (Å²) < 4.78 is 0. The van der Waals surface area contributed by atoms with E-state index < -0.39 is 0 Å². The largest absolute Gasteiger partial charge is 0.395 e. The number of aliphatic hydroxyl groups is 1. The standard InChI is InChI=1S/C14H17Cl2NO2/c1-9-4-5-17(13(9)8-18)7-14(19)11-3-2-10(15)6-12(11)16/h2-3,6,9,13,18H,4-5,7-8H2,1H3. The Labute approximate surface area is 123 Å². The highest BCUT2D eigenvalue weighted by Crippen LogP contribution is 2.25. The van der Waals surface area contributed by atoms with Gasteiger partial charge in [-0.1, -0.05) is 30.1 Å². The average Bonchev–Trinajstić information content (AvgIpc) is 2.69. The van der Waals surface area contributed by atoms with Crippen molar-refractivity contribution in [2.24, 2.45) is 5.92 Å². The summed E-state index contributed by atoms with van der Waals surface area (Å²) in [5.41, 5.74) is 0.488. The van der Waals surface area contributed by atoms with E-state index in [4.69, 9.17) is 23.2 Å². The third-order valence-corrected chi connectivity index (χ3v) is 4.31. The highest BCUT2D eigenvalue weighted by atomic mass is 35.5. The van der Waals surface area contributed by atoms with E-state index in [-0.39, 0.29) is 25.0 Å². The van der Waals surface area contributed by atoms with E-state index in [0.717, 1.165) is 13.0 Å². The summed E-state index contributed by atoms with van der Waals surface area (Å²) in [6, 6.07) is 4.96. The van der Waals surface area contributed by atoms with Crippen LogP contribution in [0, 0.1) is 5.92 Å². The van der Waals surface area contributed by atoms with Gasteiger partial charge in [-0.05, 0) is 37.1 Å². The van der Waals surface area contributed by atoms with Crippen LogP contribution in [0.2, 0.25) is 10.0 Å².